The fourth-order valence-electron chi connectivity index (χ4n) is 1.27. The molecule has 0 saturated carbocycles. The summed E-state index contributed by atoms with van der Waals surface area (Å²) in [5.74, 6) is 0.178. The average Bonchev–Trinajstić information content (AvgIpc) is 2.10. The minimum atomic E-state index is 0.178. The van der Waals surface area contributed by atoms with Crippen molar-refractivity contribution in [1.82, 2.24) is 0 Å². The van der Waals surface area contributed by atoms with Crippen molar-refractivity contribution in [1.29, 1.82) is 0 Å². The Labute approximate surface area is 83.7 Å². The van der Waals surface area contributed by atoms with E-state index in [1.807, 2.05) is 32.9 Å². The predicted molar refractivity (Wildman–Crippen MR) is 55.5 cm³/mol. The molecule has 0 aliphatic heterocycles. The van der Waals surface area contributed by atoms with Gasteiger partial charge in [0.15, 0.2) is 5.78 Å². The summed E-state index contributed by atoms with van der Waals surface area (Å²) in [4.78, 5) is 11.5. The van der Waals surface area contributed by atoms with Crippen molar-refractivity contribution < 1.29 is 4.79 Å². The molecular weight excluding hydrogens is 184 g/mol. The minimum absolute atomic E-state index is 0.178. The van der Waals surface area contributed by atoms with Crippen LogP contribution in [0.25, 0.3) is 0 Å². The molecule has 0 spiro atoms. The van der Waals surface area contributed by atoms with Gasteiger partial charge >= 0.3 is 0 Å². The first-order valence-electron chi connectivity index (χ1n) is 4.36. The molecule has 1 nitrogen and oxygen atoms in total. The zero-order valence-corrected chi connectivity index (χ0v) is 8.90. The maximum Gasteiger partial charge on any atom is 0.162 e. The highest BCUT2D eigenvalue weighted by atomic mass is 35.5. The van der Waals surface area contributed by atoms with Crippen LogP contribution < -0.4 is 0 Å². The number of Topliss-reactive ketones (excluding diaryl/α,β-unsaturated/α-hetero) is 1. The Morgan fingerprint density at radius 3 is 2.46 bits per heavy atom. The van der Waals surface area contributed by atoms with Gasteiger partial charge in [0.05, 0.1) is 0 Å². The van der Waals surface area contributed by atoms with Gasteiger partial charge < -0.3 is 0 Å². The summed E-state index contributed by atoms with van der Waals surface area (Å²) < 4.78 is 0. The highest BCUT2D eigenvalue weighted by Gasteiger charge is 2.08. The standard InChI is InChI=1S/C11H13ClO/c1-4-11(13)9-5-8(3)10(12)6-7(9)2/h5-6H,4H2,1-3H3. The van der Waals surface area contributed by atoms with Gasteiger partial charge in [-0.3, -0.25) is 4.79 Å². The SMILES string of the molecule is CCC(=O)c1cc(C)c(Cl)cc1C. The molecule has 0 saturated heterocycles. The lowest BCUT2D eigenvalue weighted by atomic mass is 10.0. The van der Waals surface area contributed by atoms with Crippen molar-refractivity contribution in [3.05, 3.63) is 33.8 Å². The van der Waals surface area contributed by atoms with Gasteiger partial charge in [0.25, 0.3) is 0 Å². The van der Waals surface area contributed by atoms with E-state index in [0.717, 1.165) is 21.7 Å². The molecule has 1 aromatic carbocycles. The molecule has 0 atom stereocenters. The first kappa shape index (κ1) is 10.3. The van der Waals surface area contributed by atoms with E-state index in [-0.39, 0.29) is 5.78 Å². The predicted octanol–water partition coefficient (Wildman–Crippen LogP) is 3.55. The largest absolute Gasteiger partial charge is 0.294 e. The lowest BCUT2D eigenvalue weighted by Crippen LogP contribution is -2.00. The van der Waals surface area contributed by atoms with Crippen LogP contribution in [-0.4, -0.2) is 5.78 Å². The molecule has 0 N–H and O–H groups in total. The third-order valence-corrected chi connectivity index (χ3v) is 2.53. The normalized spacial score (nSPS) is 10.2. The maximum atomic E-state index is 11.5. The van der Waals surface area contributed by atoms with Gasteiger partial charge in [0.1, 0.15) is 0 Å². The number of hydrogen-bond donors (Lipinski definition) is 0. The zero-order valence-electron chi connectivity index (χ0n) is 8.15. The fraction of sp³-hybridized carbons (Fsp3) is 0.364. The molecule has 0 aromatic heterocycles. The van der Waals surface area contributed by atoms with Crippen LogP contribution in [0.5, 0.6) is 0 Å². The molecule has 0 unspecified atom stereocenters. The van der Waals surface area contributed by atoms with Gasteiger partial charge in [0.2, 0.25) is 0 Å². The second-order valence-electron chi connectivity index (χ2n) is 3.19. The van der Waals surface area contributed by atoms with Gasteiger partial charge in [-0.05, 0) is 37.1 Å². The van der Waals surface area contributed by atoms with Crippen molar-refractivity contribution >= 4 is 17.4 Å². The Morgan fingerprint density at radius 1 is 1.31 bits per heavy atom. The Balaban J connectivity index is 3.23. The van der Waals surface area contributed by atoms with Crippen LogP contribution in [0.2, 0.25) is 5.02 Å². The number of hydrogen-bond acceptors (Lipinski definition) is 1. The molecule has 0 bridgehead atoms. The average molecular weight is 197 g/mol. The number of rotatable bonds is 2. The molecule has 13 heavy (non-hydrogen) atoms. The van der Waals surface area contributed by atoms with Crippen molar-refractivity contribution in [2.24, 2.45) is 0 Å². The lowest BCUT2D eigenvalue weighted by Gasteiger charge is -2.06. The zero-order chi connectivity index (χ0) is 10.0. The van der Waals surface area contributed by atoms with E-state index >= 15 is 0 Å². The molecule has 0 amide bonds. The Morgan fingerprint density at radius 2 is 1.92 bits per heavy atom. The summed E-state index contributed by atoms with van der Waals surface area (Å²) in [5.41, 5.74) is 2.72. The molecule has 2 heteroatoms. The number of benzene rings is 1. The Hall–Kier alpha value is -0.820. The second kappa shape index (κ2) is 3.93. The van der Waals surface area contributed by atoms with Crippen molar-refractivity contribution in [2.45, 2.75) is 27.2 Å². The van der Waals surface area contributed by atoms with Crippen LogP contribution in [0.15, 0.2) is 12.1 Å². The number of halogens is 1. The van der Waals surface area contributed by atoms with E-state index in [1.165, 1.54) is 0 Å². The first-order chi connectivity index (χ1) is 6.06. The molecule has 0 fully saturated rings. The van der Waals surface area contributed by atoms with Crippen LogP contribution in [0.1, 0.15) is 34.8 Å². The van der Waals surface area contributed by atoms with E-state index in [9.17, 15) is 4.79 Å². The molecular formula is C11H13ClO. The summed E-state index contributed by atoms with van der Waals surface area (Å²) in [6, 6.07) is 3.71. The second-order valence-corrected chi connectivity index (χ2v) is 3.60. The smallest absolute Gasteiger partial charge is 0.162 e. The van der Waals surface area contributed by atoms with E-state index in [0.29, 0.717) is 6.42 Å². The van der Waals surface area contributed by atoms with Gasteiger partial charge in [-0.2, -0.15) is 0 Å². The van der Waals surface area contributed by atoms with E-state index < -0.39 is 0 Å². The summed E-state index contributed by atoms with van der Waals surface area (Å²) in [5, 5.41) is 0.727. The Bertz CT molecular complexity index is 342. The van der Waals surface area contributed by atoms with Crippen LogP contribution in [0.3, 0.4) is 0 Å². The van der Waals surface area contributed by atoms with Gasteiger partial charge in [-0.15, -0.1) is 0 Å². The maximum absolute atomic E-state index is 11.5. The highest BCUT2D eigenvalue weighted by Crippen LogP contribution is 2.21. The van der Waals surface area contributed by atoms with Gasteiger partial charge in [-0.1, -0.05) is 18.5 Å². The van der Waals surface area contributed by atoms with Crippen molar-refractivity contribution in [3.63, 3.8) is 0 Å². The monoisotopic (exact) mass is 196 g/mol. The summed E-state index contributed by atoms with van der Waals surface area (Å²) in [7, 11) is 0. The lowest BCUT2D eigenvalue weighted by molar-refractivity contribution is 0.0987. The number of carbonyl (C=O) groups is 1. The number of carbonyl (C=O) groups excluding carboxylic acids is 1. The molecule has 70 valence electrons. The molecule has 0 aliphatic carbocycles. The third-order valence-electron chi connectivity index (χ3n) is 2.13. The molecule has 0 radical (unpaired) electrons. The molecule has 0 aliphatic rings. The van der Waals surface area contributed by atoms with Crippen molar-refractivity contribution in [2.75, 3.05) is 0 Å². The third kappa shape index (κ3) is 2.10. The van der Waals surface area contributed by atoms with Gasteiger partial charge in [-0.25, -0.2) is 0 Å². The molecule has 1 aromatic rings. The number of ketones is 1. The van der Waals surface area contributed by atoms with E-state index in [4.69, 9.17) is 11.6 Å². The quantitative estimate of drug-likeness (QED) is 0.662. The van der Waals surface area contributed by atoms with E-state index in [2.05, 4.69) is 0 Å². The summed E-state index contributed by atoms with van der Waals surface area (Å²) in [6.07, 6.45) is 0.544. The Kier molecular flexibility index (Phi) is 3.10. The highest BCUT2D eigenvalue weighted by molar-refractivity contribution is 6.31. The van der Waals surface area contributed by atoms with Crippen molar-refractivity contribution in [3.8, 4) is 0 Å². The molecule has 1 rings (SSSR count). The van der Waals surface area contributed by atoms with E-state index in [1.54, 1.807) is 0 Å². The topological polar surface area (TPSA) is 17.1 Å². The van der Waals surface area contributed by atoms with Gasteiger partial charge in [0, 0.05) is 17.0 Å². The van der Waals surface area contributed by atoms with Crippen LogP contribution in [-0.2, 0) is 0 Å². The van der Waals surface area contributed by atoms with Crippen LogP contribution in [0.4, 0.5) is 0 Å². The summed E-state index contributed by atoms with van der Waals surface area (Å²) in [6.45, 7) is 5.69. The minimum Gasteiger partial charge on any atom is -0.294 e. The number of aryl methyl sites for hydroxylation is 2. The summed E-state index contributed by atoms with van der Waals surface area (Å²) >= 11 is 5.92. The molecule has 0 heterocycles. The first-order valence-corrected chi connectivity index (χ1v) is 4.74. The van der Waals surface area contributed by atoms with Crippen LogP contribution >= 0.6 is 11.6 Å². The fourth-order valence-corrected chi connectivity index (χ4v) is 1.49. The van der Waals surface area contributed by atoms with Crippen LogP contribution in [0, 0.1) is 13.8 Å².